The molecule has 0 saturated carbocycles. The van der Waals surface area contributed by atoms with Crippen molar-refractivity contribution in [2.24, 2.45) is 0 Å². The minimum absolute atomic E-state index is 0.0999. The van der Waals surface area contributed by atoms with Gasteiger partial charge in [-0.3, -0.25) is 0 Å². The third-order valence-electron chi connectivity index (χ3n) is 2.73. The highest BCUT2D eigenvalue weighted by Crippen LogP contribution is 2.31. The Balaban J connectivity index is 2.51. The standard InChI is InChI=1S/C14H14ClIN2O2/c1-3-9-12(16)13(15)18-14(17-9)8-5-6-10(19)11(7-8)20-4-2/h5-7,19H,3-4H2,1-2H3. The van der Waals surface area contributed by atoms with Crippen LogP contribution in [0.5, 0.6) is 11.5 Å². The van der Waals surface area contributed by atoms with Gasteiger partial charge in [0.2, 0.25) is 0 Å². The van der Waals surface area contributed by atoms with E-state index in [1.807, 2.05) is 13.8 Å². The summed E-state index contributed by atoms with van der Waals surface area (Å²) in [6, 6.07) is 5.04. The van der Waals surface area contributed by atoms with Gasteiger partial charge in [0.25, 0.3) is 0 Å². The van der Waals surface area contributed by atoms with Crippen LogP contribution in [0.3, 0.4) is 0 Å². The van der Waals surface area contributed by atoms with Gasteiger partial charge in [0.15, 0.2) is 17.3 Å². The predicted molar refractivity (Wildman–Crippen MR) is 87.4 cm³/mol. The molecular formula is C14H14ClIN2O2. The summed E-state index contributed by atoms with van der Waals surface area (Å²) in [6.07, 6.45) is 0.782. The molecule has 0 aliphatic heterocycles. The first-order valence-corrected chi connectivity index (χ1v) is 7.70. The highest BCUT2D eigenvalue weighted by Gasteiger charge is 2.12. The number of ether oxygens (including phenoxy) is 1. The van der Waals surface area contributed by atoms with Gasteiger partial charge in [0.1, 0.15) is 5.15 Å². The van der Waals surface area contributed by atoms with Crippen molar-refractivity contribution in [3.63, 3.8) is 0 Å². The lowest BCUT2D eigenvalue weighted by Crippen LogP contribution is -2.00. The van der Waals surface area contributed by atoms with Crippen molar-refractivity contribution >= 4 is 34.2 Å². The molecule has 0 aliphatic carbocycles. The summed E-state index contributed by atoms with van der Waals surface area (Å²) in [5.74, 6) is 1.05. The first-order valence-electron chi connectivity index (χ1n) is 6.24. The maximum atomic E-state index is 9.72. The number of benzene rings is 1. The van der Waals surface area contributed by atoms with Crippen LogP contribution in [0.4, 0.5) is 0 Å². The Kier molecular flexibility index (Phi) is 5.04. The van der Waals surface area contributed by atoms with Gasteiger partial charge in [-0.15, -0.1) is 0 Å². The monoisotopic (exact) mass is 404 g/mol. The fourth-order valence-corrected chi connectivity index (χ4v) is 2.56. The molecule has 0 amide bonds. The molecule has 2 rings (SSSR count). The van der Waals surface area contributed by atoms with Gasteiger partial charge in [-0.25, -0.2) is 9.97 Å². The number of rotatable bonds is 4. The Morgan fingerprint density at radius 3 is 2.70 bits per heavy atom. The Morgan fingerprint density at radius 2 is 2.05 bits per heavy atom. The van der Waals surface area contributed by atoms with Crippen LogP contribution in [0.1, 0.15) is 19.5 Å². The van der Waals surface area contributed by atoms with Gasteiger partial charge in [-0.2, -0.15) is 0 Å². The van der Waals surface area contributed by atoms with Crippen LogP contribution in [0.25, 0.3) is 11.4 Å². The van der Waals surface area contributed by atoms with E-state index < -0.39 is 0 Å². The van der Waals surface area contributed by atoms with Crippen molar-refractivity contribution in [1.82, 2.24) is 9.97 Å². The van der Waals surface area contributed by atoms with Crippen molar-refractivity contribution in [1.29, 1.82) is 0 Å². The second kappa shape index (κ2) is 6.58. The van der Waals surface area contributed by atoms with E-state index in [-0.39, 0.29) is 5.75 Å². The minimum Gasteiger partial charge on any atom is -0.504 e. The van der Waals surface area contributed by atoms with Crippen LogP contribution >= 0.6 is 34.2 Å². The Bertz CT molecular complexity index is 635. The fourth-order valence-electron chi connectivity index (χ4n) is 1.75. The topological polar surface area (TPSA) is 55.2 Å². The molecule has 0 bridgehead atoms. The Morgan fingerprint density at radius 1 is 1.30 bits per heavy atom. The molecule has 2 aromatic rings. The zero-order valence-electron chi connectivity index (χ0n) is 11.2. The van der Waals surface area contributed by atoms with E-state index in [9.17, 15) is 5.11 Å². The molecular weight excluding hydrogens is 391 g/mol. The lowest BCUT2D eigenvalue weighted by molar-refractivity contribution is 0.318. The van der Waals surface area contributed by atoms with Crippen LogP contribution in [-0.4, -0.2) is 21.7 Å². The van der Waals surface area contributed by atoms with Crippen molar-refractivity contribution in [2.45, 2.75) is 20.3 Å². The lowest BCUT2D eigenvalue weighted by Gasteiger charge is -2.10. The van der Waals surface area contributed by atoms with Crippen molar-refractivity contribution < 1.29 is 9.84 Å². The van der Waals surface area contributed by atoms with Gasteiger partial charge in [-0.1, -0.05) is 18.5 Å². The smallest absolute Gasteiger partial charge is 0.161 e. The number of aromatic nitrogens is 2. The molecule has 20 heavy (non-hydrogen) atoms. The highest BCUT2D eigenvalue weighted by molar-refractivity contribution is 14.1. The number of aryl methyl sites for hydroxylation is 1. The van der Waals surface area contributed by atoms with Crippen molar-refractivity contribution in [3.8, 4) is 22.9 Å². The minimum atomic E-state index is 0.0999. The van der Waals surface area contributed by atoms with Crippen LogP contribution in [0, 0.1) is 3.57 Å². The number of hydrogen-bond donors (Lipinski definition) is 1. The number of halogens is 2. The largest absolute Gasteiger partial charge is 0.504 e. The molecule has 4 nitrogen and oxygen atoms in total. The molecule has 0 spiro atoms. The molecule has 0 atom stereocenters. The third kappa shape index (κ3) is 3.15. The van der Waals surface area contributed by atoms with Gasteiger partial charge in [0.05, 0.1) is 15.9 Å². The molecule has 0 unspecified atom stereocenters. The molecule has 0 radical (unpaired) electrons. The zero-order chi connectivity index (χ0) is 14.7. The van der Waals surface area contributed by atoms with Gasteiger partial charge < -0.3 is 9.84 Å². The molecule has 1 aromatic carbocycles. The average molecular weight is 405 g/mol. The SMILES string of the molecule is CCOc1cc(-c2nc(Cl)c(I)c(CC)n2)ccc1O. The van der Waals surface area contributed by atoms with Crippen molar-refractivity contribution in [2.75, 3.05) is 6.61 Å². The van der Waals surface area contributed by atoms with Crippen LogP contribution in [0.2, 0.25) is 5.15 Å². The first kappa shape index (κ1) is 15.3. The molecule has 1 N–H and O–H groups in total. The number of nitrogens with zero attached hydrogens (tertiary/aromatic N) is 2. The summed E-state index contributed by atoms with van der Waals surface area (Å²) in [6.45, 7) is 4.36. The van der Waals surface area contributed by atoms with Gasteiger partial charge in [0, 0.05) is 5.56 Å². The second-order valence-corrected chi connectivity index (χ2v) is 5.50. The number of hydrogen-bond acceptors (Lipinski definition) is 4. The molecule has 1 aromatic heterocycles. The maximum absolute atomic E-state index is 9.72. The molecule has 0 fully saturated rings. The van der Waals surface area contributed by atoms with E-state index in [2.05, 4.69) is 32.6 Å². The number of phenols is 1. The molecule has 1 heterocycles. The van der Waals surface area contributed by atoms with E-state index in [4.69, 9.17) is 16.3 Å². The summed E-state index contributed by atoms with van der Waals surface area (Å²) in [5, 5.41) is 10.2. The maximum Gasteiger partial charge on any atom is 0.161 e. The number of phenolic OH excluding ortho intramolecular Hbond substituents is 1. The fraction of sp³-hybridized carbons (Fsp3) is 0.286. The summed E-state index contributed by atoms with van der Waals surface area (Å²) in [5.41, 5.74) is 1.67. The Labute approximate surface area is 136 Å². The van der Waals surface area contributed by atoms with Crippen LogP contribution in [0.15, 0.2) is 18.2 Å². The highest BCUT2D eigenvalue weighted by atomic mass is 127. The van der Waals surface area contributed by atoms with Gasteiger partial charge >= 0.3 is 0 Å². The molecule has 6 heteroatoms. The van der Waals surface area contributed by atoms with E-state index in [1.54, 1.807) is 18.2 Å². The predicted octanol–water partition coefficient (Wildman–Crippen LogP) is 4.07. The normalized spacial score (nSPS) is 10.6. The molecule has 0 saturated heterocycles. The van der Waals surface area contributed by atoms with Crippen molar-refractivity contribution in [3.05, 3.63) is 32.6 Å². The summed E-state index contributed by atoms with van der Waals surface area (Å²) in [7, 11) is 0. The summed E-state index contributed by atoms with van der Waals surface area (Å²) >= 11 is 8.29. The summed E-state index contributed by atoms with van der Waals surface area (Å²) < 4.78 is 6.24. The molecule has 106 valence electrons. The van der Waals surface area contributed by atoms with E-state index in [0.717, 1.165) is 21.2 Å². The zero-order valence-corrected chi connectivity index (χ0v) is 14.1. The summed E-state index contributed by atoms with van der Waals surface area (Å²) in [4.78, 5) is 8.80. The third-order valence-corrected chi connectivity index (χ3v) is 4.46. The molecule has 0 aliphatic rings. The van der Waals surface area contributed by atoms with E-state index in [1.165, 1.54) is 0 Å². The van der Waals surface area contributed by atoms with Gasteiger partial charge in [-0.05, 0) is 54.1 Å². The lowest BCUT2D eigenvalue weighted by atomic mass is 10.2. The van der Waals surface area contributed by atoms with Crippen LogP contribution < -0.4 is 4.74 Å². The first-order chi connectivity index (χ1) is 9.56. The second-order valence-electron chi connectivity index (χ2n) is 4.07. The average Bonchev–Trinajstić information content (AvgIpc) is 2.44. The van der Waals surface area contributed by atoms with E-state index >= 15 is 0 Å². The Hall–Kier alpha value is -1.08. The quantitative estimate of drug-likeness (QED) is 0.616. The number of aromatic hydroxyl groups is 1. The van der Waals surface area contributed by atoms with E-state index in [0.29, 0.717) is 23.3 Å². The van der Waals surface area contributed by atoms with Crippen LogP contribution in [-0.2, 0) is 6.42 Å².